The summed E-state index contributed by atoms with van der Waals surface area (Å²) in [6, 6.07) is 4.62. The third-order valence-electron chi connectivity index (χ3n) is 4.82. The van der Waals surface area contributed by atoms with Crippen molar-refractivity contribution in [3.05, 3.63) is 29.6 Å². The molecule has 4 nitrogen and oxygen atoms in total. The molecule has 0 bridgehead atoms. The predicted molar refractivity (Wildman–Crippen MR) is 92.1 cm³/mol. The van der Waals surface area contributed by atoms with E-state index in [0.29, 0.717) is 11.3 Å². The number of anilines is 1. The number of piperidine rings is 1. The number of amides is 1. The van der Waals surface area contributed by atoms with E-state index in [1.165, 1.54) is 12.5 Å². The average Bonchev–Trinajstić information content (AvgIpc) is 2.56. The Morgan fingerprint density at radius 3 is 2.70 bits per heavy atom. The average molecular weight is 321 g/mol. The van der Waals surface area contributed by atoms with Crippen LogP contribution in [-0.2, 0) is 4.79 Å². The molecule has 1 aliphatic heterocycles. The molecular weight excluding hydrogens is 293 g/mol. The minimum atomic E-state index is -0.291. The molecule has 1 atom stereocenters. The first-order chi connectivity index (χ1) is 11.0. The van der Waals surface area contributed by atoms with Gasteiger partial charge in [-0.15, -0.1) is 0 Å². The summed E-state index contributed by atoms with van der Waals surface area (Å²) < 4.78 is 13.6. The highest BCUT2D eigenvalue weighted by Gasteiger charge is 2.26. The summed E-state index contributed by atoms with van der Waals surface area (Å²) in [5.41, 5.74) is 1.11. The number of carbonyl (C=O) groups excluding carboxylic acids is 1. The second kappa shape index (κ2) is 8.41. The summed E-state index contributed by atoms with van der Waals surface area (Å²) in [6.07, 6.45) is 3.48. The third-order valence-corrected chi connectivity index (χ3v) is 4.82. The molecule has 1 unspecified atom stereocenters. The number of halogens is 1. The van der Waals surface area contributed by atoms with Gasteiger partial charge in [0, 0.05) is 5.69 Å². The monoisotopic (exact) mass is 321 g/mol. The van der Waals surface area contributed by atoms with Gasteiger partial charge >= 0.3 is 0 Å². The SMILES string of the molecule is CNCCC1CCN(C(C)C(=O)Nc2ccc(C)c(F)c2)CC1. The molecule has 1 aromatic rings. The first-order valence-electron chi connectivity index (χ1n) is 8.47. The summed E-state index contributed by atoms with van der Waals surface area (Å²) in [5.74, 6) is 0.392. The minimum Gasteiger partial charge on any atom is -0.325 e. The van der Waals surface area contributed by atoms with Crippen LogP contribution in [0.25, 0.3) is 0 Å². The van der Waals surface area contributed by atoms with E-state index in [0.717, 1.165) is 38.4 Å². The largest absolute Gasteiger partial charge is 0.325 e. The van der Waals surface area contributed by atoms with E-state index in [-0.39, 0.29) is 17.8 Å². The molecule has 1 aromatic carbocycles. The lowest BCUT2D eigenvalue weighted by molar-refractivity contribution is -0.121. The van der Waals surface area contributed by atoms with Crippen molar-refractivity contribution >= 4 is 11.6 Å². The van der Waals surface area contributed by atoms with Crippen molar-refractivity contribution in [1.82, 2.24) is 10.2 Å². The summed E-state index contributed by atoms with van der Waals surface area (Å²) >= 11 is 0. The van der Waals surface area contributed by atoms with Crippen molar-refractivity contribution < 1.29 is 9.18 Å². The molecule has 1 fully saturated rings. The Kier molecular flexibility index (Phi) is 6.54. The summed E-state index contributed by atoms with van der Waals surface area (Å²) in [6.45, 7) is 6.59. The maximum atomic E-state index is 13.6. The molecule has 1 saturated heterocycles. The lowest BCUT2D eigenvalue weighted by atomic mass is 9.93. The molecule has 0 spiro atoms. The van der Waals surface area contributed by atoms with Crippen molar-refractivity contribution in [3.8, 4) is 0 Å². The van der Waals surface area contributed by atoms with E-state index >= 15 is 0 Å². The van der Waals surface area contributed by atoms with Gasteiger partial charge in [-0.2, -0.15) is 0 Å². The van der Waals surface area contributed by atoms with Crippen LogP contribution in [-0.4, -0.2) is 43.5 Å². The molecule has 1 heterocycles. The number of carbonyl (C=O) groups is 1. The van der Waals surface area contributed by atoms with Gasteiger partial charge in [-0.3, -0.25) is 9.69 Å². The lowest BCUT2D eigenvalue weighted by Crippen LogP contribution is -2.46. The molecule has 2 rings (SSSR count). The number of rotatable bonds is 6. The fourth-order valence-corrected chi connectivity index (χ4v) is 3.06. The van der Waals surface area contributed by atoms with Crippen LogP contribution in [0.2, 0.25) is 0 Å². The van der Waals surface area contributed by atoms with Crippen LogP contribution < -0.4 is 10.6 Å². The van der Waals surface area contributed by atoms with Gasteiger partial charge < -0.3 is 10.6 Å². The molecule has 0 aromatic heterocycles. The number of likely N-dealkylation sites (tertiary alicyclic amines) is 1. The van der Waals surface area contributed by atoms with E-state index in [2.05, 4.69) is 15.5 Å². The zero-order valence-corrected chi connectivity index (χ0v) is 14.4. The maximum Gasteiger partial charge on any atom is 0.241 e. The summed E-state index contributed by atoms with van der Waals surface area (Å²) in [4.78, 5) is 14.6. The van der Waals surface area contributed by atoms with Crippen LogP contribution in [0.15, 0.2) is 18.2 Å². The highest BCUT2D eigenvalue weighted by atomic mass is 19.1. The van der Waals surface area contributed by atoms with Gasteiger partial charge in [-0.05, 0) is 83.4 Å². The Labute approximate surface area is 138 Å². The van der Waals surface area contributed by atoms with Crippen LogP contribution in [0.3, 0.4) is 0 Å². The van der Waals surface area contributed by atoms with Gasteiger partial charge in [-0.25, -0.2) is 4.39 Å². The number of nitrogens with one attached hydrogen (secondary N) is 2. The molecule has 1 amide bonds. The van der Waals surface area contributed by atoms with Gasteiger partial charge in [0.25, 0.3) is 0 Å². The number of benzene rings is 1. The van der Waals surface area contributed by atoms with Crippen molar-refractivity contribution in [2.45, 2.75) is 39.2 Å². The first kappa shape index (κ1) is 17.9. The van der Waals surface area contributed by atoms with Crippen LogP contribution in [0, 0.1) is 18.7 Å². The van der Waals surface area contributed by atoms with Crippen LogP contribution in [0.4, 0.5) is 10.1 Å². The van der Waals surface area contributed by atoms with Gasteiger partial charge in [0.1, 0.15) is 5.82 Å². The van der Waals surface area contributed by atoms with Crippen molar-refractivity contribution in [2.75, 3.05) is 32.0 Å². The van der Waals surface area contributed by atoms with E-state index < -0.39 is 0 Å². The normalized spacial score (nSPS) is 17.9. The highest BCUT2D eigenvalue weighted by Crippen LogP contribution is 2.22. The standard InChI is InChI=1S/C18H28FN3O/c1-13-4-5-16(12-17(13)19)21-18(23)14(2)22-10-7-15(8-11-22)6-9-20-3/h4-5,12,14-15,20H,6-11H2,1-3H3,(H,21,23). The second-order valence-electron chi connectivity index (χ2n) is 6.50. The fourth-order valence-electron chi connectivity index (χ4n) is 3.06. The van der Waals surface area contributed by atoms with Gasteiger partial charge in [0.15, 0.2) is 0 Å². The van der Waals surface area contributed by atoms with Crippen LogP contribution in [0.1, 0.15) is 31.7 Å². The number of nitrogens with zero attached hydrogens (tertiary/aromatic N) is 1. The van der Waals surface area contributed by atoms with E-state index in [1.54, 1.807) is 19.1 Å². The molecule has 23 heavy (non-hydrogen) atoms. The number of aryl methyl sites for hydroxylation is 1. The topological polar surface area (TPSA) is 44.4 Å². The first-order valence-corrected chi connectivity index (χ1v) is 8.47. The van der Waals surface area contributed by atoms with Crippen molar-refractivity contribution in [1.29, 1.82) is 0 Å². The minimum absolute atomic E-state index is 0.0677. The molecule has 2 N–H and O–H groups in total. The summed E-state index contributed by atoms with van der Waals surface area (Å²) in [5, 5.41) is 6.02. The lowest BCUT2D eigenvalue weighted by Gasteiger charge is -2.35. The van der Waals surface area contributed by atoms with E-state index in [1.807, 2.05) is 14.0 Å². The highest BCUT2D eigenvalue weighted by molar-refractivity contribution is 5.94. The molecular formula is C18H28FN3O. The quantitative estimate of drug-likeness (QED) is 0.847. The Bertz CT molecular complexity index is 527. The molecule has 1 aliphatic rings. The van der Waals surface area contributed by atoms with Crippen LogP contribution in [0.5, 0.6) is 0 Å². The Hall–Kier alpha value is -1.46. The van der Waals surface area contributed by atoms with Crippen molar-refractivity contribution in [2.24, 2.45) is 5.92 Å². The maximum absolute atomic E-state index is 13.6. The van der Waals surface area contributed by atoms with E-state index in [9.17, 15) is 9.18 Å². The van der Waals surface area contributed by atoms with Gasteiger partial charge in [-0.1, -0.05) is 6.07 Å². The predicted octanol–water partition coefficient (Wildman–Crippen LogP) is 2.78. The van der Waals surface area contributed by atoms with E-state index in [4.69, 9.17) is 0 Å². The fraction of sp³-hybridized carbons (Fsp3) is 0.611. The van der Waals surface area contributed by atoms with Crippen LogP contribution >= 0.6 is 0 Å². The molecule has 0 aliphatic carbocycles. The zero-order valence-electron chi connectivity index (χ0n) is 14.4. The third kappa shape index (κ3) is 5.01. The Morgan fingerprint density at radius 2 is 2.09 bits per heavy atom. The number of hydrogen-bond acceptors (Lipinski definition) is 3. The summed E-state index contributed by atoms with van der Waals surface area (Å²) in [7, 11) is 1.98. The molecule has 128 valence electrons. The van der Waals surface area contributed by atoms with Gasteiger partial charge in [0.2, 0.25) is 5.91 Å². The zero-order chi connectivity index (χ0) is 16.8. The second-order valence-corrected chi connectivity index (χ2v) is 6.50. The Morgan fingerprint density at radius 1 is 1.39 bits per heavy atom. The number of hydrogen-bond donors (Lipinski definition) is 2. The molecule has 5 heteroatoms. The van der Waals surface area contributed by atoms with Crippen molar-refractivity contribution in [3.63, 3.8) is 0 Å². The van der Waals surface area contributed by atoms with Gasteiger partial charge in [0.05, 0.1) is 6.04 Å². The molecule has 0 saturated carbocycles. The smallest absolute Gasteiger partial charge is 0.241 e. The molecule has 0 radical (unpaired) electrons. The Balaban J connectivity index is 1.84.